The molecule has 0 saturated carbocycles. The Morgan fingerprint density at radius 2 is 1.77 bits per heavy atom. The van der Waals surface area contributed by atoms with E-state index in [1.807, 2.05) is 19.0 Å². The van der Waals surface area contributed by atoms with Gasteiger partial charge in [-0.05, 0) is 32.3 Å². The predicted octanol–water partition coefficient (Wildman–Crippen LogP) is 1.10. The quantitative estimate of drug-likeness (QED) is 0.820. The second-order valence-corrected chi connectivity index (χ2v) is 5.19. The molecule has 5 nitrogen and oxygen atoms in total. The van der Waals surface area contributed by atoms with Crippen molar-refractivity contribution in [3.8, 4) is 0 Å². The Balaban J connectivity index is 2.48. The van der Waals surface area contributed by atoms with Gasteiger partial charge >= 0.3 is 0 Å². The van der Waals surface area contributed by atoms with Crippen molar-refractivity contribution in [1.29, 1.82) is 0 Å². The minimum Gasteiger partial charge on any atom is -0.350 e. The molecule has 0 heterocycles. The third-order valence-electron chi connectivity index (χ3n) is 3.11. The number of rotatable bonds is 7. The van der Waals surface area contributed by atoms with E-state index in [2.05, 4.69) is 5.32 Å². The summed E-state index contributed by atoms with van der Waals surface area (Å²) in [6.45, 7) is 3.34. The first kappa shape index (κ1) is 18.0. The standard InChI is InChI=1S/C15H21F2N3O2/c1-11(21)20(9-8-19(2)3)7-6-18-15(22)12-4-5-13(16)14(17)10-12/h4-5,10H,6-9H2,1-3H3,(H,18,22). The average molecular weight is 313 g/mol. The molecule has 0 aromatic heterocycles. The Hall–Kier alpha value is -2.02. The molecule has 0 saturated heterocycles. The Bertz CT molecular complexity index is 536. The summed E-state index contributed by atoms with van der Waals surface area (Å²) < 4.78 is 25.9. The SMILES string of the molecule is CC(=O)N(CCNC(=O)c1ccc(F)c(F)c1)CCN(C)C. The summed E-state index contributed by atoms with van der Waals surface area (Å²) in [4.78, 5) is 26.9. The van der Waals surface area contributed by atoms with Crippen LogP contribution in [0.3, 0.4) is 0 Å². The first-order valence-electron chi connectivity index (χ1n) is 6.94. The monoisotopic (exact) mass is 313 g/mol. The van der Waals surface area contributed by atoms with E-state index < -0.39 is 17.5 Å². The summed E-state index contributed by atoms with van der Waals surface area (Å²) in [5.41, 5.74) is 0.0431. The van der Waals surface area contributed by atoms with E-state index in [1.54, 1.807) is 4.90 Å². The number of carbonyl (C=O) groups is 2. The van der Waals surface area contributed by atoms with Gasteiger partial charge in [0, 0.05) is 38.7 Å². The molecule has 7 heteroatoms. The smallest absolute Gasteiger partial charge is 0.251 e. The Kier molecular flexibility index (Phi) is 6.91. The zero-order valence-corrected chi connectivity index (χ0v) is 13.0. The van der Waals surface area contributed by atoms with E-state index in [4.69, 9.17) is 0 Å². The molecule has 1 aromatic carbocycles. The van der Waals surface area contributed by atoms with Gasteiger partial charge in [-0.15, -0.1) is 0 Å². The number of hydrogen-bond donors (Lipinski definition) is 1. The summed E-state index contributed by atoms with van der Waals surface area (Å²) in [6, 6.07) is 2.96. The molecule has 1 rings (SSSR count). The maximum Gasteiger partial charge on any atom is 0.251 e. The van der Waals surface area contributed by atoms with Crippen LogP contribution in [0, 0.1) is 11.6 Å². The van der Waals surface area contributed by atoms with Crippen LogP contribution in [0.15, 0.2) is 18.2 Å². The lowest BCUT2D eigenvalue weighted by atomic mass is 10.2. The molecule has 0 spiro atoms. The van der Waals surface area contributed by atoms with Gasteiger partial charge in [-0.3, -0.25) is 9.59 Å². The lowest BCUT2D eigenvalue weighted by Gasteiger charge is -2.23. The highest BCUT2D eigenvalue weighted by molar-refractivity contribution is 5.94. The molecular weight excluding hydrogens is 292 g/mol. The van der Waals surface area contributed by atoms with Crippen LogP contribution in [-0.4, -0.2) is 61.9 Å². The van der Waals surface area contributed by atoms with Crippen molar-refractivity contribution in [2.45, 2.75) is 6.92 Å². The van der Waals surface area contributed by atoms with Gasteiger partial charge in [0.15, 0.2) is 11.6 Å². The van der Waals surface area contributed by atoms with E-state index in [0.29, 0.717) is 13.1 Å². The maximum atomic E-state index is 13.1. The molecule has 0 unspecified atom stereocenters. The zero-order chi connectivity index (χ0) is 16.7. The third kappa shape index (κ3) is 5.77. The predicted molar refractivity (Wildman–Crippen MR) is 79.5 cm³/mol. The molecule has 0 radical (unpaired) electrons. The molecule has 0 aliphatic rings. The average Bonchev–Trinajstić information content (AvgIpc) is 2.44. The van der Waals surface area contributed by atoms with Crippen molar-refractivity contribution < 1.29 is 18.4 Å². The van der Waals surface area contributed by atoms with Crippen LogP contribution in [0.2, 0.25) is 0 Å². The van der Waals surface area contributed by atoms with Gasteiger partial charge in [0.2, 0.25) is 5.91 Å². The summed E-state index contributed by atoms with van der Waals surface area (Å²) >= 11 is 0. The van der Waals surface area contributed by atoms with Crippen LogP contribution in [0.1, 0.15) is 17.3 Å². The highest BCUT2D eigenvalue weighted by Crippen LogP contribution is 2.08. The minimum absolute atomic E-state index is 0.0431. The molecule has 1 aromatic rings. The molecule has 22 heavy (non-hydrogen) atoms. The Morgan fingerprint density at radius 1 is 1.09 bits per heavy atom. The second kappa shape index (κ2) is 8.43. The zero-order valence-electron chi connectivity index (χ0n) is 13.0. The number of halogens is 2. The van der Waals surface area contributed by atoms with Gasteiger partial charge < -0.3 is 15.1 Å². The number of carbonyl (C=O) groups excluding carboxylic acids is 2. The molecule has 0 atom stereocenters. The number of nitrogens with one attached hydrogen (secondary N) is 1. The fourth-order valence-corrected chi connectivity index (χ4v) is 1.79. The van der Waals surface area contributed by atoms with E-state index >= 15 is 0 Å². The summed E-state index contributed by atoms with van der Waals surface area (Å²) in [5.74, 6) is -2.65. The topological polar surface area (TPSA) is 52.7 Å². The lowest BCUT2D eigenvalue weighted by molar-refractivity contribution is -0.128. The van der Waals surface area contributed by atoms with Gasteiger partial charge in [0.05, 0.1) is 0 Å². The fourth-order valence-electron chi connectivity index (χ4n) is 1.79. The van der Waals surface area contributed by atoms with Gasteiger partial charge in [-0.1, -0.05) is 0 Å². The summed E-state index contributed by atoms with van der Waals surface area (Å²) in [7, 11) is 3.81. The number of benzene rings is 1. The van der Waals surface area contributed by atoms with Crippen molar-refractivity contribution in [1.82, 2.24) is 15.1 Å². The second-order valence-electron chi connectivity index (χ2n) is 5.19. The molecule has 0 fully saturated rings. The Labute approximate surface area is 128 Å². The van der Waals surface area contributed by atoms with Crippen LogP contribution in [-0.2, 0) is 4.79 Å². The van der Waals surface area contributed by atoms with E-state index in [9.17, 15) is 18.4 Å². The van der Waals surface area contributed by atoms with E-state index in [-0.39, 0.29) is 18.0 Å². The van der Waals surface area contributed by atoms with Crippen molar-refractivity contribution in [2.24, 2.45) is 0 Å². The summed E-state index contributed by atoms with van der Waals surface area (Å²) in [5, 5.41) is 2.58. The molecule has 0 bridgehead atoms. The first-order valence-corrected chi connectivity index (χ1v) is 6.94. The fraction of sp³-hybridized carbons (Fsp3) is 0.467. The third-order valence-corrected chi connectivity index (χ3v) is 3.11. The Morgan fingerprint density at radius 3 is 2.32 bits per heavy atom. The van der Waals surface area contributed by atoms with Crippen LogP contribution in [0.25, 0.3) is 0 Å². The van der Waals surface area contributed by atoms with Crippen LogP contribution < -0.4 is 5.32 Å². The molecule has 1 N–H and O–H groups in total. The van der Waals surface area contributed by atoms with Crippen molar-refractivity contribution >= 4 is 11.8 Å². The minimum atomic E-state index is -1.07. The molecule has 0 aliphatic heterocycles. The number of likely N-dealkylation sites (N-methyl/N-ethyl adjacent to an activating group) is 1. The largest absolute Gasteiger partial charge is 0.350 e. The van der Waals surface area contributed by atoms with Crippen LogP contribution in [0.4, 0.5) is 8.78 Å². The highest BCUT2D eigenvalue weighted by Gasteiger charge is 2.12. The molecule has 2 amide bonds. The van der Waals surface area contributed by atoms with Crippen molar-refractivity contribution in [2.75, 3.05) is 40.3 Å². The van der Waals surface area contributed by atoms with Crippen molar-refractivity contribution in [3.63, 3.8) is 0 Å². The summed E-state index contributed by atoms with van der Waals surface area (Å²) in [6.07, 6.45) is 0. The molecular formula is C15H21F2N3O2. The van der Waals surface area contributed by atoms with E-state index in [0.717, 1.165) is 18.7 Å². The van der Waals surface area contributed by atoms with Gasteiger partial charge in [-0.2, -0.15) is 0 Å². The number of nitrogens with zero attached hydrogens (tertiary/aromatic N) is 2. The van der Waals surface area contributed by atoms with Crippen LogP contribution in [0.5, 0.6) is 0 Å². The first-order chi connectivity index (χ1) is 10.3. The number of hydrogen-bond acceptors (Lipinski definition) is 3. The highest BCUT2D eigenvalue weighted by atomic mass is 19.2. The van der Waals surface area contributed by atoms with Crippen molar-refractivity contribution in [3.05, 3.63) is 35.4 Å². The van der Waals surface area contributed by atoms with Gasteiger partial charge in [0.1, 0.15) is 0 Å². The van der Waals surface area contributed by atoms with Crippen LogP contribution >= 0.6 is 0 Å². The number of amides is 2. The van der Waals surface area contributed by atoms with Gasteiger partial charge in [0.25, 0.3) is 5.91 Å². The molecule has 122 valence electrons. The van der Waals surface area contributed by atoms with E-state index in [1.165, 1.54) is 13.0 Å². The lowest BCUT2D eigenvalue weighted by Crippen LogP contribution is -2.40. The normalized spacial score (nSPS) is 10.6. The molecule has 0 aliphatic carbocycles. The maximum absolute atomic E-state index is 13.1. The van der Waals surface area contributed by atoms with Gasteiger partial charge in [-0.25, -0.2) is 8.78 Å².